The van der Waals surface area contributed by atoms with Crippen molar-refractivity contribution >= 4 is 23.4 Å². The Hall–Kier alpha value is -2.93. The predicted molar refractivity (Wildman–Crippen MR) is 103 cm³/mol. The van der Waals surface area contributed by atoms with Crippen LogP contribution >= 0.6 is 11.8 Å². The van der Waals surface area contributed by atoms with Crippen LogP contribution in [-0.2, 0) is 4.79 Å². The van der Waals surface area contributed by atoms with Gasteiger partial charge in [-0.1, -0.05) is 48.2 Å². The fraction of sp³-hybridized carbons (Fsp3) is 0.158. The number of hydrogen-bond donors (Lipinski definition) is 2. The summed E-state index contributed by atoms with van der Waals surface area (Å²) in [4.78, 5) is 27.0. The standard InChI is InChI=1S/C19H18N4O2S/c1-12-8-13(2)10-15(9-12)20-16(24)11-26-19-21-18(25)17(22-23-19)14-6-4-3-5-7-14/h3-10H,11H2,1-2H3,(H,20,24)(H,21,23,25). The molecule has 1 aromatic heterocycles. The van der Waals surface area contributed by atoms with Crippen molar-refractivity contribution in [1.29, 1.82) is 0 Å². The van der Waals surface area contributed by atoms with E-state index in [1.807, 2.05) is 50.2 Å². The van der Waals surface area contributed by atoms with Gasteiger partial charge in [0.25, 0.3) is 5.56 Å². The lowest BCUT2D eigenvalue weighted by molar-refractivity contribution is -0.113. The van der Waals surface area contributed by atoms with Gasteiger partial charge < -0.3 is 5.32 Å². The molecule has 0 bridgehead atoms. The number of carbonyl (C=O) groups excluding carboxylic acids is 1. The molecule has 0 unspecified atom stereocenters. The molecule has 0 saturated heterocycles. The van der Waals surface area contributed by atoms with Crippen molar-refractivity contribution in [2.24, 2.45) is 0 Å². The molecule has 0 fully saturated rings. The average Bonchev–Trinajstić information content (AvgIpc) is 2.60. The summed E-state index contributed by atoms with van der Waals surface area (Å²) in [5.74, 6) is -0.0442. The number of nitrogens with one attached hydrogen (secondary N) is 2. The molecule has 0 radical (unpaired) electrons. The molecule has 0 aliphatic heterocycles. The van der Waals surface area contributed by atoms with Crippen molar-refractivity contribution < 1.29 is 4.79 Å². The summed E-state index contributed by atoms with van der Waals surface area (Å²) in [6, 6.07) is 15.0. The molecule has 1 heterocycles. The minimum Gasteiger partial charge on any atom is -0.325 e. The van der Waals surface area contributed by atoms with Crippen LogP contribution in [0.5, 0.6) is 0 Å². The molecule has 3 rings (SSSR count). The van der Waals surface area contributed by atoms with E-state index in [9.17, 15) is 9.59 Å². The summed E-state index contributed by atoms with van der Waals surface area (Å²) < 4.78 is 0. The topological polar surface area (TPSA) is 87.7 Å². The number of aryl methyl sites for hydroxylation is 2. The van der Waals surface area contributed by atoms with Gasteiger partial charge in [-0.2, -0.15) is 0 Å². The Labute approximate surface area is 155 Å². The predicted octanol–water partition coefficient (Wildman–Crippen LogP) is 3.18. The van der Waals surface area contributed by atoms with Gasteiger partial charge in [0.2, 0.25) is 5.91 Å². The zero-order valence-corrected chi connectivity index (χ0v) is 15.3. The Morgan fingerprint density at radius 3 is 2.42 bits per heavy atom. The number of amides is 1. The van der Waals surface area contributed by atoms with Gasteiger partial charge in [0, 0.05) is 11.3 Å². The highest BCUT2D eigenvalue weighted by Gasteiger charge is 2.10. The first-order valence-corrected chi connectivity index (χ1v) is 9.03. The van der Waals surface area contributed by atoms with Crippen LogP contribution in [0, 0.1) is 13.8 Å². The summed E-state index contributed by atoms with van der Waals surface area (Å²) in [7, 11) is 0. The summed E-state index contributed by atoms with van der Waals surface area (Å²) in [6.45, 7) is 3.96. The zero-order chi connectivity index (χ0) is 18.5. The van der Waals surface area contributed by atoms with Gasteiger partial charge in [-0.05, 0) is 37.1 Å². The van der Waals surface area contributed by atoms with Crippen LogP contribution in [0.4, 0.5) is 5.69 Å². The Balaban J connectivity index is 1.63. The second-order valence-electron chi connectivity index (χ2n) is 5.89. The summed E-state index contributed by atoms with van der Waals surface area (Å²) in [6.07, 6.45) is 0. The highest BCUT2D eigenvalue weighted by Crippen LogP contribution is 2.16. The van der Waals surface area contributed by atoms with E-state index >= 15 is 0 Å². The van der Waals surface area contributed by atoms with Gasteiger partial charge >= 0.3 is 0 Å². The van der Waals surface area contributed by atoms with Crippen LogP contribution in [0.2, 0.25) is 0 Å². The number of hydrogen-bond acceptors (Lipinski definition) is 5. The summed E-state index contributed by atoms with van der Waals surface area (Å²) in [5.41, 5.74) is 3.55. The van der Waals surface area contributed by atoms with Gasteiger partial charge in [0.1, 0.15) is 0 Å². The van der Waals surface area contributed by atoms with Crippen molar-refractivity contribution in [3.63, 3.8) is 0 Å². The van der Waals surface area contributed by atoms with Crippen LogP contribution in [-0.4, -0.2) is 26.8 Å². The van der Waals surface area contributed by atoms with Crippen LogP contribution < -0.4 is 10.9 Å². The molecule has 6 nitrogen and oxygen atoms in total. The first-order valence-electron chi connectivity index (χ1n) is 8.04. The minimum absolute atomic E-state index is 0.127. The quantitative estimate of drug-likeness (QED) is 0.677. The number of anilines is 1. The SMILES string of the molecule is Cc1cc(C)cc(NC(=O)CSc2nnc(-c3ccccc3)c(=O)[nH]2)c1. The van der Waals surface area contributed by atoms with Crippen LogP contribution in [0.3, 0.4) is 0 Å². The van der Waals surface area contributed by atoms with Gasteiger partial charge in [0.15, 0.2) is 10.9 Å². The number of H-pyrrole nitrogens is 1. The minimum atomic E-state index is -0.330. The third-order valence-corrected chi connectivity index (χ3v) is 4.43. The third-order valence-electron chi connectivity index (χ3n) is 3.57. The van der Waals surface area contributed by atoms with Gasteiger partial charge in [-0.3, -0.25) is 14.6 Å². The summed E-state index contributed by atoms with van der Waals surface area (Å²) in [5, 5.41) is 11.1. The van der Waals surface area contributed by atoms with E-state index in [1.54, 1.807) is 12.1 Å². The lowest BCUT2D eigenvalue weighted by Crippen LogP contribution is -2.17. The molecule has 0 spiro atoms. The Bertz CT molecular complexity index is 966. The Morgan fingerprint density at radius 2 is 1.77 bits per heavy atom. The van der Waals surface area contributed by atoms with Crippen molar-refractivity contribution in [3.05, 3.63) is 70.0 Å². The largest absolute Gasteiger partial charge is 0.325 e. The van der Waals surface area contributed by atoms with E-state index in [1.165, 1.54) is 0 Å². The lowest BCUT2D eigenvalue weighted by atomic mass is 10.1. The molecule has 26 heavy (non-hydrogen) atoms. The number of thioether (sulfide) groups is 1. The zero-order valence-electron chi connectivity index (χ0n) is 14.4. The third kappa shape index (κ3) is 4.58. The Morgan fingerprint density at radius 1 is 1.08 bits per heavy atom. The number of benzene rings is 2. The Kier molecular flexibility index (Phi) is 5.48. The highest BCUT2D eigenvalue weighted by molar-refractivity contribution is 7.99. The normalized spacial score (nSPS) is 10.5. The number of aromatic amines is 1. The van der Waals surface area contributed by atoms with E-state index in [0.717, 1.165) is 28.6 Å². The number of nitrogens with zero attached hydrogens (tertiary/aromatic N) is 2. The maximum atomic E-state index is 12.2. The van der Waals surface area contributed by atoms with E-state index in [0.29, 0.717) is 10.7 Å². The lowest BCUT2D eigenvalue weighted by Gasteiger charge is -2.07. The smallest absolute Gasteiger partial charge is 0.278 e. The van der Waals surface area contributed by atoms with Crippen LogP contribution in [0.15, 0.2) is 58.5 Å². The van der Waals surface area contributed by atoms with Gasteiger partial charge in [-0.25, -0.2) is 0 Å². The maximum Gasteiger partial charge on any atom is 0.278 e. The van der Waals surface area contributed by atoms with Crippen LogP contribution in [0.25, 0.3) is 11.3 Å². The molecule has 2 aromatic carbocycles. The van der Waals surface area contributed by atoms with E-state index < -0.39 is 0 Å². The molecular weight excluding hydrogens is 348 g/mol. The summed E-state index contributed by atoms with van der Waals surface area (Å²) >= 11 is 1.13. The molecule has 132 valence electrons. The molecule has 7 heteroatoms. The van der Waals surface area contributed by atoms with E-state index in [-0.39, 0.29) is 22.9 Å². The number of rotatable bonds is 5. The van der Waals surface area contributed by atoms with Crippen LogP contribution in [0.1, 0.15) is 11.1 Å². The van der Waals surface area contributed by atoms with E-state index in [2.05, 4.69) is 20.5 Å². The van der Waals surface area contributed by atoms with Gasteiger partial charge in [0.05, 0.1) is 5.75 Å². The average molecular weight is 366 g/mol. The molecule has 3 aromatic rings. The second-order valence-corrected chi connectivity index (χ2v) is 6.85. The molecule has 0 aliphatic rings. The molecule has 0 atom stereocenters. The second kappa shape index (κ2) is 7.97. The van der Waals surface area contributed by atoms with Crippen molar-refractivity contribution in [2.75, 3.05) is 11.1 Å². The number of aromatic nitrogens is 3. The fourth-order valence-electron chi connectivity index (χ4n) is 2.55. The molecule has 2 N–H and O–H groups in total. The monoisotopic (exact) mass is 366 g/mol. The highest BCUT2D eigenvalue weighted by atomic mass is 32.2. The van der Waals surface area contributed by atoms with Crippen molar-refractivity contribution in [1.82, 2.24) is 15.2 Å². The maximum absolute atomic E-state index is 12.2. The molecule has 0 saturated carbocycles. The molecular formula is C19H18N4O2S. The fourth-order valence-corrected chi connectivity index (χ4v) is 3.15. The first kappa shape index (κ1) is 17.9. The first-order chi connectivity index (χ1) is 12.5. The van der Waals surface area contributed by atoms with Crippen molar-refractivity contribution in [2.45, 2.75) is 19.0 Å². The van der Waals surface area contributed by atoms with Crippen molar-refractivity contribution in [3.8, 4) is 11.3 Å². The number of carbonyl (C=O) groups is 1. The van der Waals surface area contributed by atoms with E-state index in [4.69, 9.17) is 0 Å². The van der Waals surface area contributed by atoms with Gasteiger partial charge in [-0.15, -0.1) is 10.2 Å². The molecule has 0 aliphatic carbocycles. The molecule has 1 amide bonds.